The van der Waals surface area contributed by atoms with Gasteiger partial charge in [0.1, 0.15) is 22.6 Å². The molecule has 0 radical (unpaired) electrons. The number of hydrogen-bond acceptors (Lipinski definition) is 9. The van der Waals surface area contributed by atoms with Crippen molar-refractivity contribution in [3.63, 3.8) is 0 Å². The highest BCUT2D eigenvalue weighted by molar-refractivity contribution is 7.15. The highest BCUT2D eigenvalue weighted by Gasteiger charge is 2.35. The molecule has 0 saturated carbocycles. The summed E-state index contributed by atoms with van der Waals surface area (Å²) >= 11 is 1.02. The largest absolute Gasteiger partial charge is 0.494 e. The molecular formula is C30H23N5O6S. The van der Waals surface area contributed by atoms with Gasteiger partial charge in [-0.25, -0.2) is 0 Å². The molecule has 2 aromatic heterocycles. The van der Waals surface area contributed by atoms with Crippen LogP contribution >= 0.6 is 11.3 Å². The average molecular weight is 582 g/mol. The van der Waals surface area contributed by atoms with Crippen molar-refractivity contribution in [2.75, 3.05) is 23.4 Å². The summed E-state index contributed by atoms with van der Waals surface area (Å²) in [6, 6.07) is 20.7. The van der Waals surface area contributed by atoms with E-state index in [1.54, 1.807) is 72.8 Å². The van der Waals surface area contributed by atoms with Crippen LogP contribution in [0.15, 0.2) is 77.6 Å². The fraction of sp³-hybridized carbons (Fsp3) is 0.133. The second-order valence-electron chi connectivity index (χ2n) is 9.24. The molecule has 5 aromatic rings. The van der Waals surface area contributed by atoms with Gasteiger partial charge in [0.15, 0.2) is 5.82 Å². The van der Waals surface area contributed by atoms with Gasteiger partial charge in [0, 0.05) is 18.2 Å². The van der Waals surface area contributed by atoms with Crippen LogP contribution in [0.1, 0.15) is 19.4 Å². The van der Waals surface area contributed by atoms with Gasteiger partial charge in [-0.2, -0.15) is 9.50 Å². The minimum Gasteiger partial charge on any atom is -0.494 e. The van der Waals surface area contributed by atoms with Crippen molar-refractivity contribution >= 4 is 51.0 Å². The number of benzene rings is 3. The molecule has 210 valence electrons. The molecule has 0 bridgehead atoms. The number of anilines is 2. The van der Waals surface area contributed by atoms with E-state index in [-0.39, 0.29) is 33.2 Å². The van der Waals surface area contributed by atoms with E-state index in [4.69, 9.17) is 9.47 Å². The predicted molar refractivity (Wildman–Crippen MR) is 157 cm³/mol. The lowest BCUT2D eigenvalue weighted by Crippen LogP contribution is -2.37. The Hall–Kier alpha value is -5.36. The molecule has 1 N–H and O–H groups in total. The lowest BCUT2D eigenvalue weighted by molar-refractivity contribution is -0.131. The molecule has 3 heterocycles. The number of thiazole rings is 1. The van der Waals surface area contributed by atoms with E-state index in [2.05, 4.69) is 15.4 Å². The second kappa shape index (κ2) is 10.9. The second-order valence-corrected chi connectivity index (χ2v) is 10.2. The normalized spacial score (nSPS) is 13.8. The number of esters is 1. The summed E-state index contributed by atoms with van der Waals surface area (Å²) in [7, 11) is 0. The monoisotopic (exact) mass is 581 g/mol. The molecule has 0 aliphatic carbocycles. The number of ether oxygens (including phenoxy) is 2. The maximum atomic E-state index is 13.7. The van der Waals surface area contributed by atoms with Crippen LogP contribution in [-0.2, 0) is 14.4 Å². The Labute approximate surface area is 242 Å². The maximum absolute atomic E-state index is 13.7. The Morgan fingerprint density at radius 2 is 1.67 bits per heavy atom. The molecule has 2 amide bonds. The average Bonchev–Trinajstić information content (AvgIpc) is 3.60. The molecule has 0 spiro atoms. The summed E-state index contributed by atoms with van der Waals surface area (Å²) in [4.78, 5) is 57.8. The molecule has 1 aliphatic heterocycles. The molecule has 11 nitrogen and oxygen atoms in total. The number of carbonyl (C=O) groups is 3. The van der Waals surface area contributed by atoms with E-state index in [1.165, 1.54) is 11.8 Å². The SMILES string of the molecule is CCOc1ccc(NC(=O)CN2C(=O)C(=c3sc4nc(-c5ccccc5OC(C)=O)nn4c3=O)c3ccccc32)cc1. The number of aromatic nitrogens is 3. The molecule has 6 rings (SSSR count). The van der Waals surface area contributed by atoms with Crippen molar-refractivity contribution in [1.82, 2.24) is 14.6 Å². The zero-order valence-corrected chi connectivity index (χ0v) is 23.3. The molecular weight excluding hydrogens is 558 g/mol. The summed E-state index contributed by atoms with van der Waals surface area (Å²) in [5.41, 5.74) is 1.74. The fourth-order valence-electron chi connectivity index (χ4n) is 4.70. The van der Waals surface area contributed by atoms with Gasteiger partial charge >= 0.3 is 5.97 Å². The zero-order chi connectivity index (χ0) is 29.4. The minimum atomic E-state index is -0.516. The Kier molecular flexibility index (Phi) is 6.97. The van der Waals surface area contributed by atoms with Crippen molar-refractivity contribution in [2.45, 2.75) is 13.8 Å². The number of para-hydroxylation sites is 2. The van der Waals surface area contributed by atoms with Crippen LogP contribution in [0.4, 0.5) is 11.4 Å². The third-order valence-electron chi connectivity index (χ3n) is 6.44. The number of nitrogens with one attached hydrogen (secondary N) is 1. The van der Waals surface area contributed by atoms with Gasteiger partial charge in [0.2, 0.25) is 10.9 Å². The van der Waals surface area contributed by atoms with E-state index in [0.29, 0.717) is 34.9 Å². The highest BCUT2D eigenvalue weighted by atomic mass is 32.1. The van der Waals surface area contributed by atoms with Gasteiger partial charge in [-0.15, -0.1) is 5.10 Å². The van der Waals surface area contributed by atoms with Crippen LogP contribution in [0.5, 0.6) is 11.5 Å². The van der Waals surface area contributed by atoms with Gasteiger partial charge < -0.3 is 14.8 Å². The number of hydrogen-bond donors (Lipinski definition) is 1. The lowest BCUT2D eigenvalue weighted by atomic mass is 10.1. The lowest BCUT2D eigenvalue weighted by Gasteiger charge is -2.16. The van der Waals surface area contributed by atoms with E-state index >= 15 is 0 Å². The first-order chi connectivity index (χ1) is 20.3. The number of nitrogens with zero attached hydrogens (tertiary/aromatic N) is 4. The molecule has 1 aliphatic rings. The first kappa shape index (κ1) is 26.8. The van der Waals surface area contributed by atoms with Gasteiger partial charge in [-0.3, -0.25) is 24.1 Å². The molecule has 0 saturated heterocycles. The maximum Gasteiger partial charge on any atom is 0.308 e. The highest BCUT2D eigenvalue weighted by Crippen LogP contribution is 2.35. The van der Waals surface area contributed by atoms with Crippen molar-refractivity contribution < 1.29 is 23.9 Å². The van der Waals surface area contributed by atoms with E-state index in [1.807, 2.05) is 6.92 Å². The number of rotatable bonds is 7. The number of fused-ring (bicyclic) bond motifs is 2. The van der Waals surface area contributed by atoms with Gasteiger partial charge in [-0.1, -0.05) is 41.7 Å². The van der Waals surface area contributed by atoms with Crippen molar-refractivity contribution in [1.29, 1.82) is 0 Å². The Morgan fingerprint density at radius 1 is 0.952 bits per heavy atom. The minimum absolute atomic E-state index is 0.164. The van der Waals surface area contributed by atoms with Crippen LogP contribution < -0.4 is 29.8 Å². The Balaban J connectivity index is 1.34. The van der Waals surface area contributed by atoms with Crippen LogP contribution in [0.2, 0.25) is 0 Å². The predicted octanol–water partition coefficient (Wildman–Crippen LogP) is 3.05. The van der Waals surface area contributed by atoms with Crippen molar-refractivity contribution in [3.8, 4) is 22.9 Å². The summed E-state index contributed by atoms with van der Waals surface area (Å²) in [5, 5.41) is 7.16. The Morgan fingerprint density at radius 3 is 2.38 bits per heavy atom. The molecule has 0 unspecified atom stereocenters. The quantitative estimate of drug-likeness (QED) is 0.229. The first-order valence-corrected chi connectivity index (χ1v) is 13.8. The third kappa shape index (κ3) is 4.88. The molecule has 3 aromatic carbocycles. The number of amides is 2. The van der Waals surface area contributed by atoms with E-state index in [0.717, 1.165) is 15.9 Å². The van der Waals surface area contributed by atoms with Crippen LogP contribution in [-0.4, -0.2) is 45.5 Å². The van der Waals surface area contributed by atoms with Crippen LogP contribution in [0.25, 0.3) is 21.9 Å². The fourth-order valence-corrected chi connectivity index (χ4v) is 5.69. The third-order valence-corrected chi connectivity index (χ3v) is 7.47. The number of carbonyl (C=O) groups excluding carboxylic acids is 3. The summed E-state index contributed by atoms with van der Waals surface area (Å²) in [6.45, 7) is 3.46. The topological polar surface area (TPSA) is 132 Å². The summed E-state index contributed by atoms with van der Waals surface area (Å²) < 4.78 is 12.0. The van der Waals surface area contributed by atoms with Crippen molar-refractivity contribution in [2.24, 2.45) is 0 Å². The summed E-state index contributed by atoms with van der Waals surface area (Å²) in [6.07, 6.45) is 0. The van der Waals surface area contributed by atoms with Crippen molar-refractivity contribution in [3.05, 3.63) is 93.2 Å². The zero-order valence-electron chi connectivity index (χ0n) is 22.5. The van der Waals surface area contributed by atoms with Gasteiger partial charge in [-0.05, 0) is 49.4 Å². The Bertz CT molecular complexity index is 1980. The van der Waals surface area contributed by atoms with Gasteiger partial charge in [0.05, 0.1) is 23.4 Å². The standard InChI is InChI=1S/C30H23N5O6S/c1-3-40-19-14-12-18(13-15-19)31-24(37)16-34-22-10-6-4-8-20(22)25(28(34)38)26-29(39)35-30(42-26)32-27(33-35)21-9-5-7-11-23(21)41-17(2)36/h4-15H,3,16H2,1-2H3,(H,31,37). The molecule has 42 heavy (non-hydrogen) atoms. The molecule has 12 heteroatoms. The van der Waals surface area contributed by atoms with E-state index < -0.39 is 23.3 Å². The first-order valence-electron chi connectivity index (χ1n) is 13.0. The van der Waals surface area contributed by atoms with E-state index in [9.17, 15) is 19.2 Å². The smallest absolute Gasteiger partial charge is 0.308 e. The van der Waals surface area contributed by atoms with Gasteiger partial charge in [0.25, 0.3) is 11.5 Å². The molecule has 0 fully saturated rings. The summed E-state index contributed by atoms with van der Waals surface area (Å²) in [5.74, 6) is -0.210. The molecule has 0 atom stereocenters. The van der Waals surface area contributed by atoms with Crippen LogP contribution in [0.3, 0.4) is 0 Å². The van der Waals surface area contributed by atoms with Crippen LogP contribution in [0, 0.1) is 0 Å².